The van der Waals surface area contributed by atoms with Gasteiger partial charge in [-0.25, -0.2) is 4.79 Å². The summed E-state index contributed by atoms with van der Waals surface area (Å²) in [7, 11) is 0. The van der Waals surface area contributed by atoms with Crippen LogP contribution in [0.4, 0.5) is 10.5 Å². The normalized spacial score (nSPS) is 18.4. The Kier molecular flexibility index (Phi) is 4.50. The van der Waals surface area contributed by atoms with E-state index in [1.165, 1.54) is 0 Å². The number of amides is 3. The van der Waals surface area contributed by atoms with Gasteiger partial charge in [0.1, 0.15) is 6.04 Å². The lowest BCUT2D eigenvalue weighted by Gasteiger charge is -2.28. The lowest BCUT2D eigenvalue weighted by molar-refractivity contribution is -0.126. The summed E-state index contributed by atoms with van der Waals surface area (Å²) < 4.78 is 0. The molecule has 3 amide bonds. The number of carbonyl (C=O) groups is 2. The van der Waals surface area contributed by atoms with Gasteiger partial charge in [-0.05, 0) is 45.7 Å². The van der Waals surface area contributed by atoms with Crippen LogP contribution in [0.1, 0.15) is 33.6 Å². The van der Waals surface area contributed by atoms with Crippen LogP contribution in [0, 0.1) is 0 Å². The van der Waals surface area contributed by atoms with E-state index in [1.807, 2.05) is 51.1 Å². The number of hydrogen-bond acceptors (Lipinski definition) is 2. The first kappa shape index (κ1) is 15.4. The Bertz CT molecular complexity index is 508. The van der Waals surface area contributed by atoms with Crippen molar-refractivity contribution < 1.29 is 9.59 Å². The third-order valence-corrected chi connectivity index (χ3v) is 3.34. The van der Waals surface area contributed by atoms with E-state index in [2.05, 4.69) is 10.6 Å². The Morgan fingerprint density at radius 2 is 1.86 bits per heavy atom. The monoisotopic (exact) mass is 289 g/mol. The van der Waals surface area contributed by atoms with Gasteiger partial charge >= 0.3 is 6.03 Å². The molecule has 1 saturated heterocycles. The maximum Gasteiger partial charge on any atom is 0.322 e. The van der Waals surface area contributed by atoms with Crippen LogP contribution >= 0.6 is 0 Å². The van der Waals surface area contributed by atoms with Crippen LogP contribution in [0.25, 0.3) is 0 Å². The molecule has 2 N–H and O–H groups in total. The fraction of sp³-hybridized carbons (Fsp3) is 0.500. The Balaban J connectivity index is 2.01. The van der Waals surface area contributed by atoms with Crippen molar-refractivity contribution in [1.82, 2.24) is 10.2 Å². The van der Waals surface area contributed by atoms with Crippen LogP contribution in [0.2, 0.25) is 0 Å². The maximum atomic E-state index is 12.3. The minimum atomic E-state index is -0.382. The second kappa shape index (κ2) is 6.16. The van der Waals surface area contributed by atoms with Crippen LogP contribution in [0.15, 0.2) is 30.3 Å². The molecule has 0 bridgehead atoms. The Morgan fingerprint density at radius 1 is 1.19 bits per heavy atom. The molecule has 1 aliphatic heterocycles. The Morgan fingerprint density at radius 3 is 2.48 bits per heavy atom. The van der Waals surface area contributed by atoms with Crippen molar-refractivity contribution in [1.29, 1.82) is 0 Å². The molecule has 114 valence electrons. The molecule has 1 aromatic carbocycles. The summed E-state index contributed by atoms with van der Waals surface area (Å²) in [6.45, 7) is 6.43. The summed E-state index contributed by atoms with van der Waals surface area (Å²) in [6, 6.07) is 8.69. The van der Waals surface area contributed by atoms with Gasteiger partial charge in [0, 0.05) is 17.8 Å². The molecule has 1 fully saturated rings. The van der Waals surface area contributed by atoms with Crippen molar-refractivity contribution in [2.45, 2.75) is 45.2 Å². The van der Waals surface area contributed by atoms with Gasteiger partial charge in [0.05, 0.1) is 0 Å². The van der Waals surface area contributed by atoms with E-state index in [0.29, 0.717) is 13.0 Å². The topological polar surface area (TPSA) is 61.4 Å². The van der Waals surface area contributed by atoms with E-state index in [1.54, 1.807) is 4.90 Å². The van der Waals surface area contributed by atoms with Crippen molar-refractivity contribution >= 4 is 17.6 Å². The highest BCUT2D eigenvalue weighted by atomic mass is 16.2. The molecule has 1 aliphatic rings. The predicted octanol–water partition coefficient (Wildman–Crippen LogP) is 2.60. The molecule has 1 heterocycles. The predicted molar refractivity (Wildman–Crippen MR) is 83.1 cm³/mol. The van der Waals surface area contributed by atoms with Crippen molar-refractivity contribution in [3.63, 3.8) is 0 Å². The van der Waals surface area contributed by atoms with Crippen molar-refractivity contribution in [2.75, 3.05) is 11.9 Å². The second-order valence-electron chi connectivity index (χ2n) is 6.39. The first-order chi connectivity index (χ1) is 9.87. The fourth-order valence-electron chi connectivity index (χ4n) is 2.45. The van der Waals surface area contributed by atoms with Crippen LogP contribution < -0.4 is 10.6 Å². The van der Waals surface area contributed by atoms with E-state index < -0.39 is 0 Å². The SMILES string of the molecule is CC(C)(C)NC(=O)[C@@H]1CCCN1C(=O)Nc1ccccc1. The summed E-state index contributed by atoms with van der Waals surface area (Å²) in [6.07, 6.45) is 1.56. The average molecular weight is 289 g/mol. The third kappa shape index (κ3) is 4.21. The molecule has 0 aliphatic carbocycles. The zero-order valence-electron chi connectivity index (χ0n) is 12.8. The molecule has 0 radical (unpaired) electrons. The smallest absolute Gasteiger partial charge is 0.322 e. The zero-order valence-corrected chi connectivity index (χ0v) is 12.8. The largest absolute Gasteiger partial charge is 0.350 e. The number of rotatable bonds is 2. The average Bonchev–Trinajstić information content (AvgIpc) is 2.87. The second-order valence-corrected chi connectivity index (χ2v) is 6.39. The van der Waals surface area contributed by atoms with Gasteiger partial charge in [-0.2, -0.15) is 0 Å². The lowest BCUT2D eigenvalue weighted by Crippen LogP contribution is -2.52. The molecule has 21 heavy (non-hydrogen) atoms. The summed E-state index contributed by atoms with van der Waals surface area (Å²) in [5.74, 6) is -0.0804. The van der Waals surface area contributed by atoms with E-state index in [-0.39, 0.29) is 23.5 Å². The fourth-order valence-corrected chi connectivity index (χ4v) is 2.45. The number of hydrogen-bond donors (Lipinski definition) is 2. The molecule has 0 spiro atoms. The first-order valence-electron chi connectivity index (χ1n) is 7.31. The van der Waals surface area contributed by atoms with Crippen LogP contribution in [0.5, 0.6) is 0 Å². The number of carbonyl (C=O) groups excluding carboxylic acids is 2. The van der Waals surface area contributed by atoms with Gasteiger partial charge < -0.3 is 15.5 Å². The van der Waals surface area contributed by atoms with E-state index in [0.717, 1.165) is 12.1 Å². The number of likely N-dealkylation sites (tertiary alicyclic amines) is 1. The number of urea groups is 1. The number of nitrogens with one attached hydrogen (secondary N) is 2. The van der Waals surface area contributed by atoms with Gasteiger partial charge in [-0.1, -0.05) is 18.2 Å². The van der Waals surface area contributed by atoms with Gasteiger partial charge in [0.15, 0.2) is 0 Å². The van der Waals surface area contributed by atoms with Gasteiger partial charge in [-0.3, -0.25) is 4.79 Å². The van der Waals surface area contributed by atoms with Crippen LogP contribution in [-0.2, 0) is 4.79 Å². The van der Waals surface area contributed by atoms with E-state index in [4.69, 9.17) is 0 Å². The van der Waals surface area contributed by atoms with E-state index in [9.17, 15) is 9.59 Å². The summed E-state index contributed by atoms with van der Waals surface area (Å²) in [4.78, 5) is 26.2. The summed E-state index contributed by atoms with van der Waals surface area (Å²) in [5, 5.41) is 5.79. The van der Waals surface area contributed by atoms with Crippen molar-refractivity contribution in [3.8, 4) is 0 Å². The number of para-hydroxylation sites is 1. The molecule has 5 heteroatoms. The molecule has 2 rings (SSSR count). The number of anilines is 1. The highest BCUT2D eigenvalue weighted by Gasteiger charge is 2.35. The Hall–Kier alpha value is -2.04. The summed E-state index contributed by atoms with van der Waals surface area (Å²) >= 11 is 0. The van der Waals surface area contributed by atoms with Gasteiger partial charge in [-0.15, -0.1) is 0 Å². The first-order valence-corrected chi connectivity index (χ1v) is 7.31. The van der Waals surface area contributed by atoms with Gasteiger partial charge in [0.2, 0.25) is 5.91 Å². The standard InChI is InChI=1S/C16H23N3O2/c1-16(2,3)18-14(20)13-10-7-11-19(13)15(21)17-12-8-5-4-6-9-12/h4-6,8-9,13H,7,10-11H2,1-3H3,(H,17,21)(H,18,20)/t13-/m0/s1. The minimum absolute atomic E-state index is 0.0804. The molecule has 1 aromatic rings. The lowest BCUT2D eigenvalue weighted by atomic mass is 10.1. The highest BCUT2D eigenvalue weighted by Crippen LogP contribution is 2.20. The number of benzene rings is 1. The number of nitrogens with zero attached hydrogens (tertiary/aromatic N) is 1. The van der Waals surface area contributed by atoms with Gasteiger partial charge in [0.25, 0.3) is 0 Å². The van der Waals surface area contributed by atoms with E-state index >= 15 is 0 Å². The Labute approximate surface area is 125 Å². The molecule has 5 nitrogen and oxygen atoms in total. The quantitative estimate of drug-likeness (QED) is 0.879. The molecular weight excluding hydrogens is 266 g/mol. The zero-order chi connectivity index (χ0) is 15.5. The third-order valence-electron chi connectivity index (χ3n) is 3.34. The molecule has 0 saturated carbocycles. The van der Waals surface area contributed by atoms with Crippen LogP contribution in [-0.4, -0.2) is 35.0 Å². The molecule has 1 atom stereocenters. The highest BCUT2D eigenvalue weighted by molar-refractivity contribution is 5.94. The van der Waals surface area contributed by atoms with Crippen LogP contribution in [0.3, 0.4) is 0 Å². The van der Waals surface area contributed by atoms with Crippen molar-refractivity contribution in [3.05, 3.63) is 30.3 Å². The minimum Gasteiger partial charge on any atom is -0.350 e. The van der Waals surface area contributed by atoms with Crippen molar-refractivity contribution in [2.24, 2.45) is 0 Å². The maximum absolute atomic E-state index is 12.3. The molecule has 0 unspecified atom stereocenters. The molecule has 0 aromatic heterocycles. The summed E-state index contributed by atoms with van der Waals surface area (Å²) in [5.41, 5.74) is 0.450. The molecular formula is C16H23N3O2.